The van der Waals surface area contributed by atoms with Crippen molar-refractivity contribution in [2.24, 2.45) is 11.7 Å². The van der Waals surface area contributed by atoms with Crippen LogP contribution < -0.4 is 25.7 Å². The van der Waals surface area contributed by atoms with Crippen LogP contribution in [-0.2, 0) is 31.9 Å². The number of aliphatic hydroxyl groups excluding tert-OH is 1. The molecule has 6 aromatic rings. The maximum Gasteiger partial charge on any atom is 0.472 e. The van der Waals surface area contributed by atoms with Gasteiger partial charge < -0.3 is 29.8 Å². The highest BCUT2D eigenvalue weighted by atomic mass is 19.4. The standard InChI is InChI=1S/C45H45F3N6O8/c1-25(2)41(57)54(43(58)45(46,47)48)44-51-39-36(40(56)52-44)50-24-53(39)42-35(49)37(55)34(62-42)23-61-38(30-13-5-26(6-14-30)21-28-9-17-32(59-3)18-10-28)31-15-7-27(8-16-31)22-29-11-19-33(60-4)20-12-29/h5-20,24-25,34-35,37-38,42,55H,21-23,49H2,1-4H3,(H,51,52,56)/t34-,35?,37?,42-/m1/s1. The van der Waals surface area contributed by atoms with Crippen molar-refractivity contribution < 1.29 is 46.8 Å². The number of fused-ring (bicyclic) bond motifs is 1. The van der Waals surface area contributed by atoms with E-state index in [-0.39, 0.29) is 22.7 Å². The number of imide groups is 1. The zero-order valence-electron chi connectivity index (χ0n) is 34.2. The molecular formula is C45H45F3N6O8. The smallest absolute Gasteiger partial charge is 0.472 e. The molecule has 4 aromatic carbocycles. The molecule has 4 atom stereocenters. The number of ether oxygens (including phenoxy) is 4. The number of aliphatic hydroxyl groups is 1. The first-order valence-corrected chi connectivity index (χ1v) is 19.7. The molecule has 1 aliphatic rings. The number of hydrogen-bond acceptors (Lipinski definition) is 11. The van der Waals surface area contributed by atoms with E-state index in [9.17, 15) is 32.7 Å². The van der Waals surface area contributed by atoms with Crippen LogP contribution >= 0.6 is 0 Å². The Kier molecular flexibility index (Phi) is 12.9. The van der Waals surface area contributed by atoms with Crippen molar-refractivity contribution in [3.05, 3.63) is 147 Å². The maximum absolute atomic E-state index is 13.6. The van der Waals surface area contributed by atoms with Gasteiger partial charge in [-0.05, 0) is 70.5 Å². The van der Waals surface area contributed by atoms with Crippen LogP contribution in [0.3, 0.4) is 0 Å². The minimum atomic E-state index is -5.47. The van der Waals surface area contributed by atoms with E-state index in [2.05, 4.69) is 15.0 Å². The fourth-order valence-corrected chi connectivity index (χ4v) is 7.20. The van der Waals surface area contributed by atoms with Crippen molar-refractivity contribution in [1.29, 1.82) is 0 Å². The summed E-state index contributed by atoms with van der Waals surface area (Å²) in [5.74, 6) is -4.30. The molecule has 2 amide bonds. The van der Waals surface area contributed by atoms with Gasteiger partial charge in [-0.25, -0.2) is 9.88 Å². The Labute approximate surface area is 354 Å². The van der Waals surface area contributed by atoms with Crippen molar-refractivity contribution >= 4 is 28.9 Å². The van der Waals surface area contributed by atoms with Crippen LogP contribution in [0, 0.1) is 5.92 Å². The van der Waals surface area contributed by atoms with Crippen molar-refractivity contribution in [3.63, 3.8) is 0 Å². The number of nitrogens with two attached hydrogens (primary N) is 1. The van der Waals surface area contributed by atoms with Gasteiger partial charge in [0.25, 0.3) is 5.56 Å². The molecule has 3 heterocycles. The van der Waals surface area contributed by atoms with Gasteiger partial charge in [-0.1, -0.05) is 86.6 Å². The number of methoxy groups -OCH3 is 2. The van der Waals surface area contributed by atoms with Crippen LogP contribution in [0.4, 0.5) is 19.1 Å². The highest BCUT2D eigenvalue weighted by molar-refractivity contribution is 6.16. The van der Waals surface area contributed by atoms with Gasteiger partial charge in [0.15, 0.2) is 17.4 Å². The van der Waals surface area contributed by atoms with Gasteiger partial charge in [0.05, 0.1) is 33.2 Å². The number of H-pyrrole nitrogens is 1. The van der Waals surface area contributed by atoms with E-state index in [1.54, 1.807) is 14.2 Å². The van der Waals surface area contributed by atoms with E-state index < -0.39 is 66.0 Å². The lowest BCUT2D eigenvalue weighted by molar-refractivity contribution is -0.171. The van der Waals surface area contributed by atoms with Gasteiger partial charge in [0, 0.05) is 5.92 Å². The third-order valence-corrected chi connectivity index (χ3v) is 10.6. The van der Waals surface area contributed by atoms with Crippen LogP contribution in [0.15, 0.2) is 108 Å². The number of nitrogens with zero attached hydrogens (tertiary/aromatic N) is 4. The van der Waals surface area contributed by atoms with Crippen molar-refractivity contribution in [2.45, 2.75) is 63.4 Å². The highest BCUT2D eigenvalue weighted by Crippen LogP contribution is 2.34. The van der Waals surface area contributed by atoms with E-state index >= 15 is 0 Å². The first-order chi connectivity index (χ1) is 29.6. The number of aromatic amines is 1. The summed E-state index contributed by atoms with van der Waals surface area (Å²) in [5, 5.41) is 11.4. The minimum absolute atomic E-state index is 0.167. The van der Waals surface area contributed by atoms with Crippen LogP contribution in [0.2, 0.25) is 0 Å². The van der Waals surface area contributed by atoms with Crippen LogP contribution in [0.25, 0.3) is 11.2 Å². The molecule has 1 aliphatic heterocycles. The van der Waals surface area contributed by atoms with Crippen LogP contribution in [-0.4, -0.2) is 81.7 Å². The third-order valence-electron chi connectivity index (χ3n) is 10.6. The summed E-state index contributed by atoms with van der Waals surface area (Å²) in [6, 6.07) is 30.5. The normalized spacial score (nSPS) is 17.8. The molecule has 4 N–H and O–H groups in total. The topological polar surface area (TPSA) is 184 Å². The number of rotatable bonds is 14. The SMILES string of the molecule is COc1ccc(Cc2ccc(C(OC[C@H]3O[C@@H](n4cnc5c(=O)[nH]c(N(C(=O)C(C)C)C(=O)C(F)(F)F)nc54)C(N)C3O)c3ccc(Cc4ccc(OC)cc4)cc3)cc2)cc1. The Morgan fingerprint density at radius 1 is 0.855 bits per heavy atom. The Bertz CT molecular complexity index is 2470. The Morgan fingerprint density at radius 3 is 1.79 bits per heavy atom. The summed E-state index contributed by atoms with van der Waals surface area (Å²) in [4.78, 5) is 48.3. The zero-order valence-corrected chi connectivity index (χ0v) is 34.2. The lowest BCUT2D eigenvalue weighted by Crippen LogP contribution is -2.48. The average Bonchev–Trinajstić information content (AvgIpc) is 3.81. The molecule has 2 aromatic heterocycles. The van der Waals surface area contributed by atoms with E-state index in [0.717, 1.165) is 51.2 Å². The predicted molar refractivity (Wildman–Crippen MR) is 222 cm³/mol. The molecule has 0 bridgehead atoms. The summed E-state index contributed by atoms with van der Waals surface area (Å²) < 4.78 is 65.5. The van der Waals surface area contributed by atoms with E-state index in [1.165, 1.54) is 18.4 Å². The maximum atomic E-state index is 13.6. The lowest BCUT2D eigenvalue weighted by atomic mass is 9.96. The number of carbonyl (C=O) groups excluding carboxylic acids is 2. The molecule has 1 fully saturated rings. The summed E-state index contributed by atoms with van der Waals surface area (Å²) >= 11 is 0. The number of alkyl halides is 3. The monoisotopic (exact) mass is 854 g/mol. The molecule has 0 aliphatic carbocycles. The van der Waals surface area contributed by atoms with Gasteiger partial charge in [-0.15, -0.1) is 0 Å². The van der Waals surface area contributed by atoms with Gasteiger partial charge in [-0.2, -0.15) is 18.2 Å². The number of carbonyl (C=O) groups is 2. The molecule has 324 valence electrons. The minimum Gasteiger partial charge on any atom is -0.497 e. The number of imidazole rings is 1. The highest BCUT2D eigenvalue weighted by Gasteiger charge is 2.48. The van der Waals surface area contributed by atoms with Gasteiger partial charge in [-0.3, -0.25) is 23.9 Å². The molecule has 14 nitrogen and oxygen atoms in total. The van der Waals surface area contributed by atoms with E-state index in [0.29, 0.717) is 12.8 Å². The summed E-state index contributed by atoms with van der Waals surface area (Å²) in [6.07, 6.45) is -7.20. The number of aromatic nitrogens is 4. The number of amides is 2. The molecule has 17 heteroatoms. The van der Waals surface area contributed by atoms with Crippen molar-refractivity contribution in [3.8, 4) is 11.5 Å². The molecule has 1 saturated heterocycles. The molecule has 0 radical (unpaired) electrons. The molecule has 0 spiro atoms. The number of halogens is 3. The number of nitrogens with one attached hydrogen (secondary N) is 1. The fraction of sp³-hybridized carbons (Fsp3) is 0.311. The van der Waals surface area contributed by atoms with Crippen molar-refractivity contribution in [1.82, 2.24) is 19.5 Å². The first-order valence-electron chi connectivity index (χ1n) is 19.7. The first kappa shape index (κ1) is 43.7. The Balaban J connectivity index is 1.14. The van der Waals surface area contributed by atoms with Gasteiger partial charge in [0.2, 0.25) is 11.9 Å². The number of hydrogen-bond donors (Lipinski definition) is 3. The Morgan fingerprint density at radius 2 is 1.34 bits per heavy atom. The lowest BCUT2D eigenvalue weighted by Gasteiger charge is -2.23. The summed E-state index contributed by atoms with van der Waals surface area (Å²) in [6.45, 7) is 2.41. The number of anilines is 1. The van der Waals surface area contributed by atoms with Crippen LogP contribution in [0.1, 0.15) is 59.6 Å². The fourth-order valence-electron chi connectivity index (χ4n) is 7.20. The molecule has 2 unspecified atom stereocenters. The average molecular weight is 855 g/mol. The molecule has 0 saturated carbocycles. The summed E-state index contributed by atoms with van der Waals surface area (Å²) in [7, 11) is 3.24. The second-order valence-corrected chi connectivity index (χ2v) is 15.2. The van der Waals surface area contributed by atoms with Gasteiger partial charge in [0.1, 0.15) is 29.8 Å². The van der Waals surface area contributed by atoms with Crippen molar-refractivity contribution in [2.75, 3.05) is 25.7 Å². The quantitative estimate of drug-likeness (QED) is 0.121. The van der Waals surface area contributed by atoms with Gasteiger partial charge >= 0.3 is 12.1 Å². The molecular weight excluding hydrogens is 810 g/mol. The Hall–Kier alpha value is -6.40. The second kappa shape index (κ2) is 18.3. The van der Waals surface area contributed by atoms with E-state index in [4.69, 9.17) is 24.7 Å². The zero-order chi connectivity index (χ0) is 44.3. The molecule has 62 heavy (non-hydrogen) atoms. The largest absolute Gasteiger partial charge is 0.497 e. The van der Waals surface area contributed by atoms with E-state index in [1.807, 2.05) is 97.1 Å². The predicted octanol–water partition coefficient (Wildman–Crippen LogP) is 5.79. The third kappa shape index (κ3) is 9.40. The second-order valence-electron chi connectivity index (χ2n) is 15.2. The number of benzene rings is 4. The van der Waals surface area contributed by atoms with Crippen LogP contribution in [0.5, 0.6) is 11.5 Å². The summed E-state index contributed by atoms with van der Waals surface area (Å²) in [5.41, 5.74) is 10.8. The molecule has 7 rings (SSSR count).